The molecule has 0 aliphatic carbocycles. The molecule has 0 saturated heterocycles. The third kappa shape index (κ3) is 3.99. The van der Waals surface area contributed by atoms with Gasteiger partial charge in [-0.15, -0.1) is 0 Å². The highest BCUT2D eigenvalue weighted by atomic mass is 28.2. The summed E-state index contributed by atoms with van der Waals surface area (Å²) in [5.74, 6) is 0. The third-order valence-corrected chi connectivity index (χ3v) is 1.99. The van der Waals surface area contributed by atoms with Gasteiger partial charge in [0.2, 0.25) is 0 Å². The molecule has 0 nitrogen and oxygen atoms in total. The quantitative estimate of drug-likeness (QED) is 0.339. The molecule has 0 unspecified atom stereocenters. The van der Waals surface area contributed by atoms with Crippen LogP contribution in [0.5, 0.6) is 0 Å². The molecule has 0 saturated carbocycles. The number of hydrogen-bond donors (Lipinski definition) is 0. The minimum absolute atomic E-state index is 0.592. The summed E-state index contributed by atoms with van der Waals surface area (Å²) in [4.78, 5) is 0. The standard InChI is InChI=1S/C4H6Si2/c1-5-3-4-6-2/h1-2H,3-4H2. The Morgan fingerprint density at radius 1 is 1.00 bits per heavy atom. The van der Waals surface area contributed by atoms with Crippen molar-refractivity contribution >= 4 is 17.9 Å². The molecule has 0 amide bonds. The first-order valence-corrected chi connectivity index (χ1v) is 4.35. The number of hydrogen-bond acceptors (Lipinski definition) is 0. The van der Waals surface area contributed by atoms with Crippen LogP contribution in [0, 0.1) is 12.0 Å². The summed E-state index contributed by atoms with van der Waals surface area (Å²) in [7, 11) is 1.18. The van der Waals surface area contributed by atoms with Crippen LogP contribution in [0.4, 0.5) is 0 Å². The molecule has 6 heavy (non-hydrogen) atoms. The van der Waals surface area contributed by atoms with Gasteiger partial charge in [-0.25, -0.2) is 0 Å². The summed E-state index contributed by atoms with van der Waals surface area (Å²) in [6.45, 7) is 0. The maximum absolute atomic E-state index is 5.19. The highest BCUT2D eigenvalue weighted by Crippen LogP contribution is 1.74. The molecular formula is C4H6Si2. The molecule has 0 bridgehead atoms. The first-order valence-electron chi connectivity index (χ1n) is 1.78. The Labute approximate surface area is 42.8 Å². The van der Waals surface area contributed by atoms with Crippen LogP contribution in [0.15, 0.2) is 0 Å². The minimum atomic E-state index is 0.592. The summed E-state index contributed by atoms with van der Waals surface area (Å²) in [6, 6.07) is 12.6. The van der Waals surface area contributed by atoms with Gasteiger partial charge in [0.05, 0.1) is 0 Å². The lowest BCUT2D eigenvalue weighted by Crippen LogP contribution is -1.69. The van der Waals surface area contributed by atoms with E-state index in [0.29, 0.717) is 17.9 Å². The SMILES string of the molecule is C#[Si]CC[Si]#C. The zero-order valence-corrected chi connectivity index (χ0v) is 5.57. The molecular weight excluding hydrogens is 104 g/mol. The summed E-state index contributed by atoms with van der Waals surface area (Å²) in [5.41, 5.74) is 0. The highest BCUT2D eigenvalue weighted by molar-refractivity contribution is 6.28. The summed E-state index contributed by atoms with van der Waals surface area (Å²) < 4.78 is 0. The van der Waals surface area contributed by atoms with Crippen molar-refractivity contribution in [2.75, 3.05) is 0 Å². The van der Waals surface area contributed by atoms with Gasteiger partial charge in [0.15, 0.2) is 0 Å². The molecule has 0 aromatic carbocycles. The van der Waals surface area contributed by atoms with Crippen LogP contribution in [-0.4, -0.2) is 17.9 Å². The van der Waals surface area contributed by atoms with Crippen molar-refractivity contribution in [3.8, 4) is 12.0 Å². The van der Waals surface area contributed by atoms with Crippen molar-refractivity contribution in [3.63, 3.8) is 0 Å². The average molecular weight is 110 g/mol. The first kappa shape index (κ1) is 5.99. The van der Waals surface area contributed by atoms with E-state index in [0.717, 1.165) is 12.1 Å². The van der Waals surface area contributed by atoms with E-state index in [2.05, 4.69) is 0 Å². The van der Waals surface area contributed by atoms with Crippen LogP contribution in [0.1, 0.15) is 0 Å². The Bertz CT molecular complexity index is 79.1. The smallest absolute Gasteiger partial charge is 0.00837 e. The van der Waals surface area contributed by atoms with E-state index in [1.54, 1.807) is 0 Å². The van der Waals surface area contributed by atoms with E-state index in [4.69, 9.17) is 12.0 Å². The van der Waals surface area contributed by atoms with Gasteiger partial charge in [-0.1, -0.05) is 0 Å². The second-order valence-electron chi connectivity index (χ2n) is 0.908. The van der Waals surface area contributed by atoms with Crippen molar-refractivity contribution in [2.45, 2.75) is 12.1 Å². The van der Waals surface area contributed by atoms with Crippen LogP contribution in [0.25, 0.3) is 0 Å². The van der Waals surface area contributed by atoms with Crippen molar-refractivity contribution in [1.29, 1.82) is 0 Å². The maximum atomic E-state index is 5.19. The Morgan fingerprint density at radius 3 is 1.50 bits per heavy atom. The zero-order valence-electron chi connectivity index (χ0n) is 3.57. The molecule has 0 N–H and O–H groups in total. The van der Waals surface area contributed by atoms with Gasteiger partial charge in [-0.05, 0) is 30.0 Å². The van der Waals surface area contributed by atoms with E-state index >= 15 is 0 Å². The van der Waals surface area contributed by atoms with Crippen LogP contribution >= 0.6 is 0 Å². The molecule has 0 aromatic heterocycles. The van der Waals surface area contributed by atoms with Crippen molar-refractivity contribution < 1.29 is 0 Å². The first-order chi connectivity index (χ1) is 2.91. The van der Waals surface area contributed by atoms with E-state index in [1.165, 1.54) is 0 Å². The molecule has 2 heteroatoms. The predicted molar refractivity (Wildman–Crippen MR) is 31.0 cm³/mol. The average Bonchev–Trinajstić information content (AvgIpc) is 1.61. The topological polar surface area (TPSA) is 0 Å². The van der Waals surface area contributed by atoms with E-state index in [9.17, 15) is 0 Å². The Kier molecular flexibility index (Phi) is 4.99. The van der Waals surface area contributed by atoms with Crippen molar-refractivity contribution in [2.24, 2.45) is 0 Å². The van der Waals surface area contributed by atoms with Gasteiger partial charge in [-0.2, -0.15) is 12.0 Å². The Morgan fingerprint density at radius 2 is 1.33 bits per heavy atom. The number of rotatable bonds is 1. The fraction of sp³-hybridized carbons (Fsp3) is 0.500. The second-order valence-corrected chi connectivity index (χ2v) is 2.72. The van der Waals surface area contributed by atoms with Gasteiger partial charge >= 0.3 is 0 Å². The fourth-order valence-corrected chi connectivity index (χ4v) is 1.30. The molecule has 0 heterocycles. The summed E-state index contributed by atoms with van der Waals surface area (Å²) >= 11 is 0. The lowest BCUT2D eigenvalue weighted by molar-refractivity contribution is 1.45. The molecule has 0 spiro atoms. The Hall–Kier alpha value is -0.00623. The molecule has 0 atom stereocenters. The van der Waals surface area contributed by atoms with Gasteiger partial charge < -0.3 is 0 Å². The van der Waals surface area contributed by atoms with Gasteiger partial charge in [-0.3, -0.25) is 0 Å². The minimum Gasteiger partial charge on any atom is -0.158 e. The molecule has 0 rings (SSSR count). The van der Waals surface area contributed by atoms with E-state index < -0.39 is 0 Å². The highest BCUT2D eigenvalue weighted by Gasteiger charge is 1.66. The molecule has 0 fully saturated rings. The zero-order chi connectivity index (χ0) is 4.83. The van der Waals surface area contributed by atoms with Gasteiger partial charge in [0, 0.05) is 0 Å². The normalized spacial score (nSPS) is 5.67. The maximum Gasteiger partial charge on any atom is -0.00837 e. The van der Waals surface area contributed by atoms with Crippen molar-refractivity contribution in [3.05, 3.63) is 0 Å². The molecule has 0 aliphatic rings. The lowest BCUT2D eigenvalue weighted by Gasteiger charge is -1.69. The predicted octanol–water partition coefficient (Wildman–Crippen LogP) is 0.409. The van der Waals surface area contributed by atoms with Crippen LogP contribution in [0.3, 0.4) is 0 Å². The Balaban J connectivity index is 2.78. The van der Waals surface area contributed by atoms with E-state index in [1.807, 2.05) is 0 Å². The fourth-order valence-electron chi connectivity index (χ4n) is 0.144. The largest absolute Gasteiger partial charge is 0.158 e. The van der Waals surface area contributed by atoms with Crippen LogP contribution in [0.2, 0.25) is 12.1 Å². The molecule has 0 aromatic rings. The molecule has 0 aliphatic heterocycles. The lowest BCUT2D eigenvalue weighted by atomic mass is 11.0. The van der Waals surface area contributed by atoms with Gasteiger partial charge in [0.1, 0.15) is 0 Å². The van der Waals surface area contributed by atoms with Gasteiger partial charge in [0.25, 0.3) is 0 Å². The van der Waals surface area contributed by atoms with Crippen LogP contribution in [-0.2, 0) is 0 Å². The monoisotopic (exact) mass is 110 g/mol. The molecule has 0 radical (unpaired) electrons. The third-order valence-electron chi connectivity index (χ3n) is 0.414. The second kappa shape index (κ2) is 4.99. The summed E-state index contributed by atoms with van der Waals surface area (Å²) in [5, 5.41) is 0. The van der Waals surface area contributed by atoms with E-state index in [-0.39, 0.29) is 0 Å². The van der Waals surface area contributed by atoms with Crippen LogP contribution < -0.4 is 0 Å². The van der Waals surface area contributed by atoms with Crippen molar-refractivity contribution in [1.82, 2.24) is 0 Å². The summed E-state index contributed by atoms with van der Waals surface area (Å²) in [6.07, 6.45) is 0. The molecule has 30 valence electrons.